The molecule has 2 aromatic rings. The number of halogens is 1. The first kappa shape index (κ1) is 14.5. The molecule has 0 aromatic heterocycles. The molecule has 2 aromatic carbocycles. The standard InChI is InChI=1S/C15H13ClN2OS/c16-11-14(19)17-15(20)18(12-7-3-1-4-8-12)13-9-5-2-6-10-13/h1-10H,11H2,(H,17,19,20). The Morgan fingerprint density at radius 1 is 1.00 bits per heavy atom. The normalized spacial score (nSPS) is 9.85. The zero-order valence-corrected chi connectivity index (χ0v) is 12.2. The number of hydrogen-bond acceptors (Lipinski definition) is 2. The Kier molecular flexibility index (Phi) is 5.09. The van der Waals surface area contributed by atoms with Crippen LogP contribution in [0.1, 0.15) is 0 Å². The third-order valence-corrected chi connectivity index (χ3v) is 3.13. The van der Waals surface area contributed by atoms with Gasteiger partial charge in [0.15, 0.2) is 5.11 Å². The van der Waals surface area contributed by atoms with Crippen LogP contribution in [0.25, 0.3) is 0 Å². The SMILES string of the molecule is O=C(CCl)NC(=S)N(c1ccccc1)c1ccccc1. The Labute approximate surface area is 128 Å². The van der Waals surface area contributed by atoms with Crippen molar-refractivity contribution in [2.75, 3.05) is 10.8 Å². The Hall–Kier alpha value is -1.91. The van der Waals surface area contributed by atoms with Crippen molar-refractivity contribution in [3.05, 3.63) is 60.7 Å². The summed E-state index contributed by atoms with van der Waals surface area (Å²) < 4.78 is 0. The molecule has 0 saturated carbocycles. The second-order valence-electron chi connectivity index (χ2n) is 3.99. The minimum absolute atomic E-state index is 0.127. The molecule has 0 spiro atoms. The number of nitrogens with one attached hydrogen (secondary N) is 1. The number of rotatable bonds is 3. The summed E-state index contributed by atoms with van der Waals surface area (Å²) in [6.07, 6.45) is 0. The quantitative estimate of drug-likeness (QED) is 0.696. The molecule has 20 heavy (non-hydrogen) atoms. The Bertz CT molecular complexity index is 550. The van der Waals surface area contributed by atoms with Gasteiger partial charge in [0.25, 0.3) is 0 Å². The number of thiocarbonyl (C=S) groups is 1. The van der Waals surface area contributed by atoms with Crippen molar-refractivity contribution in [3.8, 4) is 0 Å². The van der Waals surface area contributed by atoms with E-state index < -0.39 is 0 Å². The highest BCUT2D eigenvalue weighted by Gasteiger charge is 2.15. The van der Waals surface area contributed by atoms with E-state index in [4.69, 9.17) is 23.8 Å². The van der Waals surface area contributed by atoms with Crippen LogP contribution in [-0.4, -0.2) is 16.9 Å². The zero-order valence-electron chi connectivity index (χ0n) is 10.6. The van der Waals surface area contributed by atoms with E-state index in [1.54, 1.807) is 4.90 Å². The number of alkyl halides is 1. The predicted octanol–water partition coefficient (Wildman–Crippen LogP) is 3.46. The minimum Gasteiger partial charge on any atom is -0.301 e. The fourth-order valence-electron chi connectivity index (χ4n) is 1.75. The van der Waals surface area contributed by atoms with Crippen molar-refractivity contribution in [2.45, 2.75) is 0 Å². The number of nitrogens with zero attached hydrogens (tertiary/aromatic N) is 1. The number of anilines is 2. The fraction of sp³-hybridized carbons (Fsp3) is 0.0667. The number of carbonyl (C=O) groups is 1. The smallest absolute Gasteiger partial charge is 0.241 e. The average molecular weight is 305 g/mol. The average Bonchev–Trinajstić information content (AvgIpc) is 2.49. The highest BCUT2D eigenvalue weighted by Crippen LogP contribution is 2.24. The first-order valence-electron chi connectivity index (χ1n) is 6.02. The van der Waals surface area contributed by atoms with Gasteiger partial charge in [-0.25, -0.2) is 0 Å². The molecule has 0 aliphatic heterocycles. The molecule has 0 unspecified atom stereocenters. The highest BCUT2D eigenvalue weighted by atomic mass is 35.5. The molecule has 0 fully saturated rings. The van der Waals surface area contributed by atoms with Crippen LogP contribution in [0.5, 0.6) is 0 Å². The molecule has 1 amide bonds. The van der Waals surface area contributed by atoms with Gasteiger partial charge in [-0.2, -0.15) is 0 Å². The number of para-hydroxylation sites is 2. The summed E-state index contributed by atoms with van der Waals surface area (Å²) in [5.41, 5.74) is 1.75. The number of amides is 1. The molecular weight excluding hydrogens is 292 g/mol. The molecule has 3 nitrogen and oxygen atoms in total. The van der Waals surface area contributed by atoms with E-state index in [1.165, 1.54) is 0 Å². The topological polar surface area (TPSA) is 32.3 Å². The number of benzene rings is 2. The molecule has 0 bridgehead atoms. The van der Waals surface area contributed by atoms with Gasteiger partial charge in [-0.05, 0) is 36.5 Å². The number of carbonyl (C=O) groups excluding carboxylic acids is 1. The zero-order chi connectivity index (χ0) is 14.4. The van der Waals surface area contributed by atoms with E-state index in [-0.39, 0.29) is 11.8 Å². The van der Waals surface area contributed by atoms with E-state index in [2.05, 4.69) is 5.32 Å². The summed E-state index contributed by atoms with van der Waals surface area (Å²) in [6, 6.07) is 19.2. The van der Waals surface area contributed by atoms with Crippen molar-refractivity contribution >= 4 is 46.2 Å². The molecule has 0 saturated heterocycles. The lowest BCUT2D eigenvalue weighted by atomic mass is 10.2. The summed E-state index contributed by atoms with van der Waals surface area (Å²) in [5.74, 6) is -0.453. The Morgan fingerprint density at radius 2 is 1.45 bits per heavy atom. The summed E-state index contributed by atoms with van der Waals surface area (Å²) in [4.78, 5) is 13.2. The van der Waals surface area contributed by atoms with Gasteiger partial charge in [-0.15, -0.1) is 11.6 Å². The van der Waals surface area contributed by atoms with Crippen molar-refractivity contribution in [2.24, 2.45) is 0 Å². The van der Waals surface area contributed by atoms with Crippen LogP contribution in [0.2, 0.25) is 0 Å². The van der Waals surface area contributed by atoms with Crippen molar-refractivity contribution in [3.63, 3.8) is 0 Å². The van der Waals surface area contributed by atoms with Crippen LogP contribution >= 0.6 is 23.8 Å². The van der Waals surface area contributed by atoms with Gasteiger partial charge in [0.1, 0.15) is 5.88 Å². The van der Waals surface area contributed by atoms with E-state index in [9.17, 15) is 4.79 Å². The van der Waals surface area contributed by atoms with E-state index >= 15 is 0 Å². The van der Waals surface area contributed by atoms with Gasteiger partial charge in [-0.1, -0.05) is 36.4 Å². The molecule has 0 radical (unpaired) electrons. The first-order valence-corrected chi connectivity index (χ1v) is 6.96. The second-order valence-corrected chi connectivity index (χ2v) is 4.65. The van der Waals surface area contributed by atoms with Gasteiger partial charge in [0, 0.05) is 11.4 Å². The maximum atomic E-state index is 11.4. The lowest BCUT2D eigenvalue weighted by Gasteiger charge is -2.25. The maximum absolute atomic E-state index is 11.4. The second kappa shape index (κ2) is 7.03. The molecule has 0 atom stereocenters. The van der Waals surface area contributed by atoms with Gasteiger partial charge in [0.2, 0.25) is 5.91 Å². The van der Waals surface area contributed by atoms with Crippen molar-refractivity contribution < 1.29 is 4.79 Å². The van der Waals surface area contributed by atoms with Crippen LogP contribution in [0.15, 0.2) is 60.7 Å². The first-order chi connectivity index (χ1) is 9.72. The molecular formula is C15H13ClN2OS. The van der Waals surface area contributed by atoms with Crippen LogP contribution in [0, 0.1) is 0 Å². The highest BCUT2D eigenvalue weighted by molar-refractivity contribution is 7.80. The summed E-state index contributed by atoms with van der Waals surface area (Å²) in [7, 11) is 0. The van der Waals surface area contributed by atoms with Gasteiger partial charge < -0.3 is 5.32 Å². The Balaban J connectivity index is 2.35. The molecule has 102 valence electrons. The van der Waals surface area contributed by atoms with Gasteiger partial charge in [-0.3, -0.25) is 9.69 Å². The van der Waals surface area contributed by atoms with Crippen LogP contribution in [0.3, 0.4) is 0 Å². The maximum Gasteiger partial charge on any atom is 0.241 e. The number of hydrogen-bond donors (Lipinski definition) is 1. The molecule has 0 heterocycles. The lowest BCUT2D eigenvalue weighted by Crippen LogP contribution is -2.40. The summed E-state index contributed by atoms with van der Waals surface area (Å²) in [5, 5.41) is 2.91. The molecule has 0 aliphatic carbocycles. The Morgan fingerprint density at radius 3 is 1.85 bits per heavy atom. The van der Waals surface area contributed by atoms with Gasteiger partial charge in [0.05, 0.1) is 0 Å². The van der Waals surface area contributed by atoms with Crippen molar-refractivity contribution in [1.29, 1.82) is 0 Å². The van der Waals surface area contributed by atoms with E-state index in [0.717, 1.165) is 11.4 Å². The van der Waals surface area contributed by atoms with Crippen molar-refractivity contribution in [1.82, 2.24) is 5.32 Å². The molecule has 5 heteroatoms. The molecule has 1 N–H and O–H groups in total. The van der Waals surface area contributed by atoms with E-state index in [0.29, 0.717) is 5.11 Å². The third-order valence-electron chi connectivity index (χ3n) is 2.60. The monoisotopic (exact) mass is 304 g/mol. The minimum atomic E-state index is -0.325. The summed E-state index contributed by atoms with van der Waals surface area (Å²) >= 11 is 10.8. The van der Waals surface area contributed by atoms with Crippen LogP contribution in [-0.2, 0) is 4.79 Å². The van der Waals surface area contributed by atoms with E-state index in [1.807, 2.05) is 60.7 Å². The lowest BCUT2D eigenvalue weighted by molar-refractivity contribution is -0.117. The fourth-order valence-corrected chi connectivity index (χ4v) is 2.14. The summed E-state index contributed by atoms with van der Waals surface area (Å²) in [6.45, 7) is 0. The van der Waals surface area contributed by atoms with Crippen LogP contribution in [0.4, 0.5) is 11.4 Å². The van der Waals surface area contributed by atoms with Gasteiger partial charge >= 0.3 is 0 Å². The largest absolute Gasteiger partial charge is 0.301 e. The molecule has 0 aliphatic rings. The predicted molar refractivity (Wildman–Crippen MR) is 86.5 cm³/mol. The third kappa shape index (κ3) is 3.56. The molecule has 2 rings (SSSR count). The van der Waals surface area contributed by atoms with Crippen LogP contribution < -0.4 is 10.2 Å².